The number of amides is 2. The number of rotatable bonds is 3. The minimum Gasteiger partial charge on any atom is -0.326 e. The van der Waals surface area contributed by atoms with Crippen molar-refractivity contribution in [1.29, 1.82) is 0 Å². The van der Waals surface area contributed by atoms with E-state index < -0.39 is 0 Å². The summed E-state index contributed by atoms with van der Waals surface area (Å²) in [6.45, 7) is 2.29. The van der Waals surface area contributed by atoms with Gasteiger partial charge in [-0.05, 0) is 48.9 Å². The molecule has 2 aromatic carbocycles. The highest BCUT2D eigenvalue weighted by Gasteiger charge is 2.35. The summed E-state index contributed by atoms with van der Waals surface area (Å²) < 4.78 is 0.959. The molecule has 2 amide bonds. The summed E-state index contributed by atoms with van der Waals surface area (Å²) in [5.74, 6) is -0.581. The highest BCUT2D eigenvalue weighted by atomic mass is 79.9. The Hall–Kier alpha value is -1.85. The van der Waals surface area contributed by atoms with Crippen LogP contribution >= 0.6 is 27.5 Å². The van der Waals surface area contributed by atoms with Crippen LogP contribution in [0.5, 0.6) is 0 Å². The number of carbonyl (C=O) groups excluding carboxylic acids is 2. The van der Waals surface area contributed by atoms with Gasteiger partial charge in [0.2, 0.25) is 11.8 Å². The molecule has 0 spiro atoms. The quantitative estimate of drug-likeness (QED) is 0.819. The van der Waals surface area contributed by atoms with Gasteiger partial charge in [-0.15, -0.1) is 0 Å². The summed E-state index contributed by atoms with van der Waals surface area (Å²) in [5.41, 5.74) is 2.45. The Morgan fingerprint density at radius 3 is 2.79 bits per heavy atom. The Labute approximate surface area is 153 Å². The molecule has 0 radical (unpaired) electrons. The second kappa shape index (κ2) is 6.95. The third kappa shape index (κ3) is 3.62. The molecule has 1 fully saturated rings. The molecule has 0 bridgehead atoms. The van der Waals surface area contributed by atoms with Gasteiger partial charge < -0.3 is 10.2 Å². The largest absolute Gasteiger partial charge is 0.326 e. The number of hydrogen-bond acceptors (Lipinski definition) is 2. The number of carbonyl (C=O) groups is 2. The van der Waals surface area contributed by atoms with Crippen LogP contribution in [0.1, 0.15) is 12.0 Å². The van der Waals surface area contributed by atoms with E-state index >= 15 is 0 Å². The van der Waals surface area contributed by atoms with Gasteiger partial charge in [0.1, 0.15) is 0 Å². The monoisotopic (exact) mass is 406 g/mol. The number of nitrogens with one attached hydrogen (secondary N) is 1. The van der Waals surface area contributed by atoms with Gasteiger partial charge >= 0.3 is 0 Å². The van der Waals surface area contributed by atoms with E-state index in [4.69, 9.17) is 11.6 Å². The van der Waals surface area contributed by atoms with Crippen molar-refractivity contribution in [2.45, 2.75) is 13.3 Å². The molecule has 1 atom stereocenters. The lowest BCUT2D eigenvalue weighted by Crippen LogP contribution is -2.28. The second-order valence-electron chi connectivity index (χ2n) is 5.83. The van der Waals surface area contributed by atoms with Gasteiger partial charge in [-0.1, -0.05) is 33.6 Å². The van der Waals surface area contributed by atoms with Crippen LogP contribution in [0.2, 0.25) is 5.02 Å². The van der Waals surface area contributed by atoms with Crippen molar-refractivity contribution >= 4 is 50.7 Å². The Morgan fingerprint density at radius 1 is 1.29 bits per heavy atom. The molecule has 1 heterocycles. The molecule has 0 aromatic heterocycles. The number of aryl methyl sites for hydroxylation is 1. The van der Waals surface area contributed by atoms with Crippen LogP contribution < -0.4 is 10.2 Å². The summed E-state index contributed by atoms with van der Waals surface area (Å²) in [5, 5.41) is 3.49. The molecule has 24 heavy (non-hydrogen) atoms. The SMILES string of the molecule is Cc1cc(Br)ccc1NC(=O)[C@@H]1CC(=O)N(c2cccc(Cl)c2)C1. The molecular weight excluding hydrogens is 392 g/mol. The van der Waals surface area contributed by atoms with Gasteiger partial charge in [-0.2, -0.15) is 0 Å². The molecule has 0 aliphatic carbocycles. The third-order valence-corrected chi connectivity index (χ3v) is 4.79. The van der Waals surface area contributed by atoms with Gasteiger partial charge in [-0.3, -0.25) is 9.59 Å². The number of halogens is 2. The molecule has 2 aromatic rings. The fourth-order valence-corrected chi connectivity index (χ4v) is 3.44. The van der Waals surface area contributed by atoms with Crippen molar-refractivity contribution < 1.29 is 9.59 Å². The van der Waals surface area contributed by atoms with E-state index in [9.17, 15) is 9.59 Å². The Morgan fingerprint density at radius 2 is 2.08 bits per heavy atom. The molecule has 0 saturated carbocycles. The van der Waals surface area contributed by atoms with Crippen LogP contribution in [0, 0.1) is 12.8 Å². The average Bonchev–Trinajstić information content (AvgIpc) is 2.92. The minimum absolute atomic E-state index is 0.0649. The average molecular weight is 408 g/mol. The molecule has 3 rings (SSSR count). The number of anilines is 2. The third-order valence-electron chi connectivity index (χ3n) is 4.06. The van der Waals surface area contributed by atoms with Gasteiger partial charge in [0.15, 0.2) is 0 Å². The Bertz CT molecular complexity index is 809. The maximum Gasteiger partial charge on any atom is 0.229 e. The number of nitrogens with zero attached hydrogens (tertiary/aromatic N) is 1. The first-order valence-corrected chi connectivity index (χ1v) is 8.74. The minimum atomic E-state index is -0.375. The predicted octanol–water partition coefficient (Wildman–Crippen LogP) is 4.40. The highest BCUT2D eigenvalue weighted by Crippen LogP contribution is 2.28. The van der Waals surface area contributed by atoms with E-state index in [2.05, 4.69) is 21.2 Å². The topological polar surface area (TPSA) is 49.4 Å². The highest BCUT2D eigenvalue weighted by molar-refractivity contribution is 9.10. The molecule has 1 N–H and O–H groups in total. The summed E-state index contributed by atoms with van der Waals surface area (Å²) in [6.07, 6.45) is 0.202. The maximum atomic E-state index is 12.5. The van der Waals surface area contributed by atoms with Crippen molar-refractivity contribution in [2.75, 3.05) is 16.8 Å². The zero-order valence-corrected chi connectivity index (χ0v) is 15.4. The molecular formula is C18H16BrClN2O2. The predicted molar refractivity (Wildman–Crippen MR) is 99.4 cm³/mol. The van der Waals surface area contributed by atoms with Crippen LogP contribution in [-0.4, -0.2) is 18.4 Å². The summed E-state index contributed by atoms with van der Waals surface area (Å²) in [6, 6.07) is 12.8. The lowest BCUT2D eigenvalue weighted by molar-refractivity contribution is -0.122. The van der Waals surface area contributed by atoms with Crippen molar-refractivity contribution in [3.05, 3.63) is 57.5 Å². The van der Waals surface area contributed by atoms with Crippen molar-refractivity contribution in [2.24, 2.45) is 5.92 Å². The zero-order chi connectivity index (χ0) is 17.3. The van der Waals surface area contributed by atoms with E-state index in [0.717, 1.165) is 21.4 Å². The number of benzene rings is 2. The number of hydrogen-bond donors (Lipinski definition) is 1. The van der Waals surface area contributed by atoms with Crippen LogP contribution in [0.25, 0.3) is 0 Å². The van der Waals surface area contributed by atoms with Gasteiger partial charge in [0.05, 0.1) is 5.92 Å². The van der Waals surface area contributed by atoms with Gasteiger partial charge in [0, 0.05) is 33.8 Å². The van der Waals surface area contributed by atoms with E-state index in [0.29, 0.717) is 11.6 Å². The van der Waals surface area contributed by atoms with Crippen LogP contribution in [-0.2, 0) is 9.59 Å². The first-order valence-electron chi connectivity index (χ1n) is 7.57. The van der Waals surface area contributed by atoms with Crippen LogP contribution in [0.4, 0.5) is 11.4 Å². The summed E-state index contributed by atoms with van der Waals surface area (Å²) >= 11 is 9.39. The second-order valence-corrected chi connectivity index (χ2v) is 7.19. The Balaban J connectivity index is 1.72. The maximum absolute atomic E-state index is 12.5. The molecule has 4 nitrogen and oxygen atoms in total. The molecule has 1 saturated heterocycles. The standard InChI is InChI=1S/C18H16BrClN2O2/c1-11-7-13(19)5-6-16(11)21-18(24)12-8-17(23)22(10-12)15-4-2-3-14(20)9-15/h2-7,9,12H,8,10H2,1H3,(H,21,24)/t12-/m1/s1. The van der Waals surface area contributed by atoms with Crippen molar-refractivity contribution in [1.82, 2.24) is 0 Å². The normalized spacial score (nSPS) is 17.2. The lowest BCUT2D eigenvalue weighted by atomic mass is 10.1. The first kappa shape index (κ1) is 17.0. The molecule has 1 aliphatic heterocycles. The summed E-state index contributed by atoms with van der Waals surface area (Å²) in [4.78, 5) is 26.4. The van der Waals surface area contributed by atoms with Gasteiger partial charge in [-0.25, -0.2) is 0 Å². The zero-order valence-electron chi connectivity index (χ0n) is 13.1. The van der Waals surface area contributed by atoms with Crippen molar-refractivity contribution in [3.8, 4) is 0 Å². The molecule has 0 unspecified atom stereocenters. The van der Waals surface area contributed by atoms with E-state index in [1.807, 2.05) is 31.2 Å². The van der Waals surface area contributed by atoms with E-state index in [1.165, 1.54) is 0 Å². The molecule has 6 heteroatoms. The fourth-order valence-electron chi connectivity index (χ4n) is 2.78. The fraction of sp³-hybridized carbons (Fsp3) is 0.222. The molecule has 1 aliphatic rings. The van der Waals surface area contributed by atoms with Gasteiger partial charge in [0.25, 0.3) is 0 Å². The lowest BCUT2D eigenvalue weighted by Gasteiger charge is -2.17. The summed E-state index contributed by atoms with van der Waals surface area (Å²) in [7, 11) is 0. The van der Waals surface area contributed by atoms with Crippen LogP contribution in [0.15, 0.2) is 46.9 Å². The van der Waals surface area contributed by atoms with Crippen LogP contribution in [0.3, 0.4) is 0 Å². The van der Waals surface area contributed by atoms with Crippen molar-refractivity contribution in [3.63, 3.8) is 0 Å². The first-order chi connectivity index (χ1) is 11.4. The molecule has 124 valence electrons. The smallest absolute Gasteiger partial charge is 0.229 e. The Kier molecular flexibility index (Phi) is 4.92. The van der Waals surface area contributed by atoms with E-state index in [-0.39, 0.29) is 24.2 Å². The van der Waals surface area contributed by atoms with E-state index in [1.54, 1.807) is 23.1 Å².